The van der Waals surface area contributed by atoms with E-state index in [-0.39, 0.29) is 21.1 Å². The number of hydrogen-bond donors (Lipinski definition) is 0. The molecule has 0 saturated carbocycles. The number of nitrogens with zero attached hydrogens (tertiary/aromatic N) is 4. The van der Waals surface area contributed by atoms with Gasteiger partial charge in [0.05, 0.1) is 17.0 Å². The zero-order valence-electron chi connectivity index (χ0n) is 35.4. The van der Waals surface area contributed by atoms with Crippen LogP contribution in [-0.2, 0) is 21.1 Å². The van der Waals surface area contributed by atoms with E-state index in [4.69, 9.17) is 14.7 Å². The Morgan fingerprint density at radius 1 is 0.517 bits per heavy atom. The first-order chi connectivity index (χ1) is 28.6. The fourth-order valence-electron chi connectivity index (χ4n) is 9.43. The molecular weight excluding hydrogens is 916 g/mol. The van der Waals surface area contributed by atoms with Crippen LogP contribution >= 0.6 is 0 Å². The molecule has 0 unspecified atom stereocenters. The Balaban J connectivity index is 0.00000462. The number of para-hydroxylation sites is 2. The summed E-state index contributed by atoms with van der Waals surface area (Å²) in [5.74, 6) is 2.68. The fraction of sp³-hybridized carbons (Fsp3) is 0.222. The zero-order valence-corrected chi connectivity index (χ0v) is 37.6. The van der Waals surface area contributed by atoms with Gasteiger partial charge >= 0.3 is 21.1 Å². The number of pyridine rings is 2. The quantitative estimate of drug-likeness (QED) is 0.113. The predicted molar refractivity (Wildman–Crippen MR) is 245 cm³/mol. The first kappa shape index (κ1) is 39.7. The van der Waals surface area contributed by atoms with Crippen LogP contribution in [0.5, 0.6) is 11.5 Å². The van der Waals surface area contributed by atoms with Crippen LogP contribution in [0, 0.1) is 12.1 Å². The number of rotatable bonds is 8. The normalized spacial score (nSPS) is 12.1. The van der Waals surface area contributed by atoms with Gasteiger partial charge in [-0.25, -0.2) is 0 Å². The summed E-state index contributed by atoms with van der Waals surface area (Å²) in [6.07, 6.45) is 6.01. The van der Waals surface area contributed by atoms with Gasteiger partial charge in [-0.2, -0.15) is 0 Å². The van der Waals surface area contributed by atoms with Gasteiger partial charge in [-0.3, -0.25) is 9.97 Å². The van der Waals surface area contributed by atoms with Crippen LogP contribution in [-0.4, -0.2) is 18.8 Å². The molecule has 5 nitrogen and oxygen atoms in total. The van der Waals surface area contributed by atoms with Gasteiger partial charge in [-0.15, -0.1) is 12.1 Å². The van der Waals surface area contributed by atoms with Crippen LogP contribution in [0.15, 0.2) is 122 Å². The van der Waals surface area contributed by atoms with Crippen LogP contribution in [0.4, 0.5) is 0 Å². The van der Waals surface area contributed by atoms with E-state index in [1.165, 1.54) is 38.9 Å². The second kappa shape index (κ2) is 15.4. The molecular formula is C54H48N4OPt. The van der Waals surface area contributed by atoms with E-state index < -0.39 is 0 Å². The van der Waals surface area contributed by atoms with Crippen molar-refractivity contribution in [1.29, 1.82) is 0 Å². The molecule has 10 rings (SSSR count). The molecule has 4 aromatic heterocycles. The molecule has 0 aliphatic rings. The minimum atomic E-state index is 0. The Kier molecular flexibility index (Phi) is 10.2. The molecule has 6 heteroatoms. The molecule has 6 aromatic carbocycles. The van der Waals surface area contributed by atoms with Crippen molar-refractivity contribution < 1.29 is 25.8 Å². The number of fused-ring (bicyclic) bond motifs is 12. The fourth-order valence-corrected chi connectivity index (χ4v) is 9.43. The SMILES string of the molecule is CC(C)c1cccc(C(C)C)c1-c1cccc2c3ccc(Oc4[c-]c5c(cc4)c4ccccc4n4c(-c6c(C(C)C)cccc6C(C)C)cnc54)[c-]c3c3nccn3c12.[Pt+2]. The monoisotopic (exact) mass is 963 g/mol. The molecule has 0 aliphatic heterocycles. The predicted octanol–water partition coefficient (Wildman–Crippen LogP) is 14.8. The van der Waals surface area contributed by atoms with Gasteiger partial charge < -0.3 is 13.5 Å². The Bertz CT molecular complexity index is 3220. The van der Waals surface area contributed by atoms with Gasteiger partial charge in [0.15, 0.2) is 0 Å². The molecule has 0 saturated heterocycles. The largest absolute Gasteiger partial charge is 2.00 e. The number of imidazole rings is 2. The molecule has 0 N–H and O–H groups in total. The van der Waals surface area contributed by atoms with E-state index >= 15 is 0 Å². The molecule has 0 bridgehead atoms. The zero-order chi connectivity index (χ0) is 40.7. The third kappa shape index (κ3) is 6.24. The third-order valence-corrected chi connectivity index (χ3v) is 12.2. The summed E-state index contributed by atoms with van der Waals surface area (Å²) in [5, 5.41) is 6.30. The summed E-state index contributed by atoms with van der Waals surface area (Å²) in [6, 6.07) is 44.4. The summed E-state index contributed by atoms with van der Waals surface area (Å²) in [4.78, 5) is 10.1. The van der Waals surface area contributed by atoms with E-state index in [9.17, 15) is 0 Å². The minimum Gasteiger partial charge on any atom is -0.497 e. The van der Waals surface area contributed by atoms with Crippen molar-refractivity contribution in [2.75, 3.05) is 0 Å². The summed E-state index contributed by atoms with van der Waals surface area (Å²) >= 11 is 0. The van der Waals surface area contributed by atoms with Crippen LogP contribution < -0.4 is 4.74 Å². The number of benzene rings is 6. The summed E-state index contributed by atoms with van der Waals surface area (Å²) in [5.41, 5.74) is 14.3. The Morgan fingerprint density at radius 2 is 1.05 bits per heavy atom. The Labute approximate surface area is 366 Å². The van der Waals surface area contributed by atoms with Crippen LogP contribution in [0.25, 0.3) is 77.0 Å². The van der Waals surface area contributed by atoms with Gasteiger partial charge in [0.25, 0.3) is 0 Å². The van der Waals surface area contributed by atoms with Gasteiger partial charge in [-0.05, 0) is 68.3 Å². The molecule has 0 atom stereocenters. The van der Waals surface area contributed by atoms with Crippen molar-refractivity contribution >= 4 is 54.6 Å². The first-order valence-corrected chi connectivity index (χ1v) is 21.0. The topological polar surface area (TPSA) is 43.8 Å². The summed E-state index contributed by atoms with van der Waals surface area (Å²) in [6.45, 7) is 18.2. The Morgan fingerprint density at radius 3 is 1.67 bits per heavy atom. The van der Waals surface area contributed by atoms with Crippen molar-refractivity contribution in [2.24, 2.45) is 0 Å². The molecule has 0 radical (unpaired) electrons. The second-order valence-electron chi connectivity index (χ2n) is 17.2. The smallest absolute Gasteiger partial charge is 0.497 e. The molecule has 0 fully saturated rings. The maximum Gasteiger partial charge on any atom is 2.00 e. The summed E-state index contributed by atoms with van der Waals surface area (Å²) in [7, 11) is 0. The molecule has 0 aliphatic carbocycles. The van der Waals surface area contributed by atoms with E-state index in [2.05, 4.69) is 174 Å². The van der Waals surface area contributed by atoms with Crippen molar-refractivity contribution in [3.05, 3.63) is 156 Å². The van der Waals surface area contributed by atoms with Crippen LogP contribution in [0.2, 0.25) is 0 Å². The number of hydrogen-bond acceptors (Lipinski definition) is 3. The molecule has 0 spiro atoms. The van der Waals surface area contributed by atoms with Crippen molar-refractivity contribution in [3.8, 4) is 33.9 Å². The van der Waals surface area contributed by atoms with Gasteiger partial charge in [0.1, 0.15) is 0 Å². The molecule has 10 aromatic rings. The number of aromatic nitrogens is 4. The average Bonchev–Trinajstić information content (AvgIpc) is 3.92. The van der Waals surface area contributed by atoms with Crippen LogP contribution in [0.1, 0.15) is 101 Å². The average molecular weight is 964 g/mol. The van der Waals surface area contributed by atoms with Gasteiger partial charge in [0.2, 0.25) is 0 Å². The van der Waals surface area contributed by atoms with Gasteiger partial charge in [-0.1, -0.05) is 174 Å². The van der Waals surface area contributed by atoms with E-state index in [1.54, 1.807) is 0 Å². The maximum atomic E-state index is 6.68. The number of ether oxygens (including phenoxy) is 1. The molecule has 0 amide bonds. The summed E-state index contributed by atoms with van der Waals surface area (Å²) < 4.78 is 11.2. The molecule has 4 heterocycles. The first-order valence-electron chi connectivity index (χ1n) is 21.0. The molecule has 60 heavy (non-hydrogen) atoms. The van der Waals surface area contributed by atoms with Crippen LogP contribution in [0.3, 0.4) is 0 Å². The Hall–Kier alpha value is -5.77. The minimum absolute atomic E-state index is 0. The maximum absolute atomic E-state index is 6.68. The van der Waals surface area contributed by atoms with Gasteiger partial charge in [0, 0.05) is 52.2 Å². The third-order valence-electron chi connectivity index (χ3n) is 12.2. The van der Waals surface area contributed by atoms with Crippen molar-refractivity contribution in [3.63, 3.8) is 0 Å². The van der Waals surface area contributed by atoms with Crippen molar-refractivity contribution in [1.82, 2.24) is 18.8 Å². The standard InChI is InChI=1S/C54H48N4O.Pt/c1-31(2)37-15-11-16-38(32(3)4)50(37)45-20-13-19-44-42-25-23-35(28-46(42)53-55-26-27-57(53)52(44)45)59-36-22-24-41-43-14-9-10-21-48(43)58-49(30-56-54(58)47(41)29-36)51-39(33(5)6)17-12-18-40(51)34(7)8;/h9-27,30-34H,1-8H3;/q-2;+2. The second-order valence-corrected chi connectivity index (χ2v) is 17.2. The van der Waals surface area contributed by atoms with E-state index in [1.807, 2.05) is 24.5 Å². The van der Waals surface area contributed by atoms with Crippen molar-refractivity contribution in [2.45, 2.75) is 79.1 Å². The molecule has 300 valence electrons. The van der Waals surface area contributed by atoms with E-state index in [0.29, 0.717) is 35.2 Å². The van der Waals surface area contributed by atoms with E-state index in [0.717, 1.165) is 60.3 Å².